The number of rotatable bonds is 2. The Balaban J connectivity index is 1.38. The Morgan fingerprint density at radius 1 is 1.14 bits per heavy atom. The quantitative estimate of drug-likeness (QED) is 0.839. The maximum absolute atomic E-state index is 12.4. The minimum absolute atomic E-state index is 0.127. The predicted octanol–water partition coefficient (Wildman–Crippen LogP) is 3.88. The molecule has 1 N–H and O–H groups in total. The van der Waals surface area contributed by atoms with Gasteiger partial charge in [-0.05, 0) is 61.5 Å². The first kappa shape index (κ1) is 13.8. The number of anilines is 1. The molecule has 1 heterocycles. The van der Waals surface area contributed by atoms with Crippen LogP contribution in [-0.2, 0) is 4.79 Å². The lowest BCUT2D eigenvalue weighted by Crippen LogP contribution is -2.16. The maximum atomic E-state index is 12.4. The third-order valence-corrected chi connectivity index (χ3v) is 6.66. The predicted molar refractivity (Wildman–Crippen MR) is 83.2 cm³/mol. The topological polar surface area (TPSA) is 42.0 Å². The molecule has 0 bridgehead atoms. The average molecular weight is 325 g/mol. The number of alkyl halides is 2. The molecule has 0 aliphatic heterocycles. The second-order valence-electron chi connectivity index (χ2n) is 6.60. The largest absolute Gasteiger partial charge is 0.310 e. The van der Waals surface area contributed by atoms with Crippen LogP contribution in [0, 0.1) is 29.6 Å². The van der Waals surface area contributed by atoms with Crippen molar-refractivity contribution in [1.29, 1.82) is 0 Å². The Morgan fingerprint density at radius 3 is 2.38 bits per heavy atom. The summed E-state index contributed by atoms with van der Waals surface area (Å²) in [6, 6.07) is 5.55. The van der Waals surface area contributed by atoms with Crippen molar-refractivity contribution in [3.05, 3.63) is 24.4 Å². The van der Waals surface area contributed by atoms with Gasteiger partial charge in [-0.2, -0.15) is 0 Å². The van der Waals surface area contributed by atoms with Gasteiger partial charge in [-0.1, -0.05) is 6.07 Å². The van der Waals surface area contributed by atoms with E-state index in [1.54, 1.807) is 6.20 Å². The van der Waals surface area contributed by atoms with Crippen LogP contribution in [0.2, 0.25) is 0 Å². The Bertz CT molecular complexity index is 541. The number of halogens is 2. The fraction of sp³-hybridized carbons (Fsp3) is 0.625. The van der Waals surface area contributed by atoms with Gasteiger partial charge in [0.15, 0.2) is 0 Å². The van der Waals surface area contributed by atoms with E-state index in [4.69, 9.17) is 23.2 Å². The number of carbonyl (C=O) groups is 1. The van der Waals surface area contributed by atoms with Crippen molar-refractivity contribution in [2.75, 3.05) is 5.32 Å². The Hall–Kier alpha value is -0.800. The minimum atomic E-state index is -0.484. The summed E-state index contributed by atoms with van der Waals surface area (Å²) in [7, 11) is 0. The molecule has 3 saturated carbocycles. The van der Waals surface area contributed by atoms with E-state index in [2.05, 4.69) is 10.3 Å². The highest BCUT2D eigenvalue weighted by molar-refractivity contribution is 6.51. The van der Waals surface area contributed by atoms with Crippen molar-refractivity contribution in [3.8, 4) is 0 Å². The van der Waals surface area contributed by atoms with Crippen LogP contribution in [0.5, 0.6) is 0 Å². The van der Waals surface area contributed by atoms with Gasteiger partial charge in [0.1, 0.15) is 10.2 Å². The number of hydrogen-bond donors (Lipinski definition) is 1. The molecule has 5 atom stereocenters. The van der Waals surface area contributed by atoms with Gasteiger partial charge in [-0.15, -0.1) is 23.2 Å². The second-order valence-corrected chi connectivity index (χ2v) is 8.04. The molecule has 3 nitrogen and oxygen atoms in total. The monoisotopic (exact) mass is 324 g/mol. The molecular formula is C16H18Cl2N2O. The molecule has 5 heteroatoms. The number of fused-ring (bicyclic) bond motifs is 2. The third kappa shape index (κ3) is 2.35. The molecule has 0 radical (unpaired) electrons. The molecule has 1 aromatic heterocycles. The van der Waals surface area contributed by atoms with Crippen LogP contribution < -0.4 is 5.32 Å². The fourth-order valence-electron chi connectivity index (χ4n) is 4.26. The van der Waals surface area contributed by atoms with Crippen molar-refractivity contribution in [1.82, 2.24) is 4.98 Å². The highest BCUT2D eigenvalue weighted by Crippen LogP contribution is 2.67. The van der Waals surface area contributed by atoms with Crippen molar-refractivity contribution >= 4 is 34.9 Å². The molecule has 0 spiro atoms. The summed E-state index contributed by atoms with van der Waals surface area (Å²) in [6.07, 6.45) is 5.97. The van der Waals surface area contributed by atoms with E-state index in [1.807, 2.05) is 18.2 Å². The number of carbonyl (C=O) groups excluding carboxylic acids is 1. The van der Waals surface area contributed by atoms with Crippen LogP contribution in [0.15, 0.2) is 24.4 Å². The molecule has 3 fully saturated rings. The lowest BCUT2D eigenvalue weighted by molar-refractivity contribution is -0.117. The number of pyridine rings is 1. The summed E-state index contributed by atoms with van der Waals surface area (Å²) in [5.74, 6) is 2.85. The van der Waals surface area contributed by atoms with E-state index in [-0.39, 0.29) is 11.8 Å². The van der Waals surface area contributed by atoms with Gasteiger partial charge in [0.05, 0.1) is 0 Å². The van der Waals surface area contributed by atoms with E-state index < -0.39 is 4.33 Å². The zero-order chi connectivity index (χ0) is 14.6. The summed E-state index contributed by atoms with van der Waals surface area (Å²) in [5, 5.41) is 2.94. The van der Waals surface area contributed by atoms with Gasteiger partial charge in [0, 0.05) is 12.1 Å². The van der Waals surface area contributed by atoms with Crippen molar-refractivity contribution in [2.24, 2.45) is 29.6 Å². The summed E-state index contributed by atoms with van der Waals surface area (Å²) in [5.41, 5.74) is 0. The summed E-state index contributed by atoms with van der Waals surface area (Å²) < 4.78 is -0.484. The van der Waals surface area contributed by atoms with Crippen LogP contribution in [-0.4, -0.2) is 15.2 Å². The molecule has 1 unspecified atom stereocenters. The third-order valence-electron chi connectivity index (χ3n) is 5.54. The second kappa shape index (κ2) is 4.85. The number of aromatic nitrogens is 1. The molecule has 4 rings (SSSR count). The molecule has 112 valence electrons. The average Bonchev–Trinajstić information content (AvgIpc) is 3.24. The normalized spacial score (nSPS) is 39.2. The number of nitrogens with zero attached hydrogens (tertiary/aromatic N) is 1. The van der Waals surface area contributed by atoms with E-state index in [0.29, 0.717) is 29.5 Å². The fourth-order valence-corrected chi connectivity index (χ4v) is 5.18. The van der Waals surface area contributed by atoms with Crippen LogP contribution in [0.25, 0.3) is 0 Å². The van der Waals surface area contributed by atoms with Crippen molar-refractivity contribution in [2.45, 2.75) is 30.0 Å². The van der Waals surface area contributed by atoms with Gasteiger partial charge < -0.3 is 5.32 Å². The van der Waals surface area contributed by atoms with Crippen LogP contribution in [0.4, 0.5) is 5.82 Å². The molecule has 0 aromatic carbocycles. The molecule has 3 aliphatic rings. The molecule has 1 aromatic rings. The van der Waals surface area contributed by atoms with Crippen molar-refractivity contribution < 1.29 is 4.79 Å². The van der Waals surface area contributed by atoms with Crippen molar-refractivity contribution in [3.63, 3.8) is 0 Å². The Morgan fingerprint density at radius 2 is 1.81 bits per heavy atom. The standard InChI is InChI=1S/C16H18Cl2N2O/c17-16(18)11-6-4-9-10(5-7-12(11)16)14(9)15(21)20-13-3-1-2-8-19-13/h1-3,8-12,14H,4-7H2,(H,19,20,21)/t9-,10+,11+,12-,14?. The van der Waals surface area contributed by atoms with Gasteiger partial charge in [0.2, 0.25) is 5.91 Å². The molecule has 0 saturated heterocycles. The number of nitrogens with one attached hydrogen (secondary N) is 1. The number of hydrogen-bond acceptors (Lipinski definition) is 2. The smallest absolute Gasteiger partial charge is 0.229 e. The first-order chi connectivity index (χ1) is 10.1. The molecule has 3 aliphatic carbocycles. The maximum Gasteiger partial charge on any atom is 0.229 e. The molecule has 21 heavy (non-hydrogen) atoms. The first-order valence-corrected chi connectivity index (χ1v) is 8.44. The van der Waals surface area contributed by atoms with Crippen LogP contribution in [0.3, 0.4) is 0 Å². The summed E-state index contributed by atoms with van der Waals surface area (Å²) >= 11 is 12.6. The SMILES string of the molecule is O=C(Nc1ccccn1)C1[C@H]2CC[C@@H]3[C@H](CC[C@@H]12)C3(Cl)Cl. The highest BCUT2D eigenvalue weighted by Gasteiger charge is 2.65. The first-order valence-electron chi connectivity index (χ1n) is 7.68. The zero-order valence-electron chi connectivity index (χ0n) is 11.6. The minimum Gasteiger partial charge on any atom is -0.310 e. The summed E-state index contributed by atoms with van der Waals surface area (Å²) in [4.78, 5) is 16.5. The van der Waals surface area contributed by atoms with Crippen LogP contribution >= 0.6 is 23.2 Å². The van der Waals surface area contributed by atoms with E-state index in [9.17, 15) is 4.79 Å². The summed E-state index contributed by atoms with van der Waals surface area (Å²) in [6.45, 7) is 0. The van der Waals surface area contributed by atoms with Gasteiger partial charge in [0.25, 0.3) is 0 Å². The van der Waals surface area contributed by atoms with Gasteiger partial charge in [-0.3, -0.25) is 4.79 Å². The van der Waals surface area contributed by atoms with E-state index >= 15 is 0 Å². The Labute approximate surface area is 134 Å². The lowest BCUT2D eigenvalue weighted by Gasteiger charge is -2.03. The molecular weight excluding hydrogens is 307 g/mol. The molecule has 1 amide bonds. The zero-order valence-corrected chi connectivity index (χ0v) is 13.1. The van der Waals surface area contributed by atoms with Gasteiger partial charge in [-0.25, -0.2) is 4.98 Å². The Kier molecular flexibility index (Phi) is 3.20. The van der Waals surface area contributed by atoms with Crippen LogP contribution in [0.1, 0.15) is 25.7 Å². The lowest BCUT2D eigenvalue weighted by atomic mass is 10.0. The van der Waals surface area contributed by atoms with Gasteiger partial charge >= 0.3 is 0 Å². The number of amides is 1. The highest BCUT2D eigenvalue weighted by atomic mass is 35.5. The van der Waals surface area contributed by atoms with E-state index in [1.165, 1.54) is 0 Å². The van der Waals surface area contributed by atoms with E-state index in [0.717, 1.165) is 25.7 Å².